The van der Waals surface area contributed by atoms with E-state index in [0.717, 1.165) is 22.5 Å². The first-order valence-corrected chi connectivity index (χ1v) is 6.75. The number of nitro groups is 1. The Balaban J connectivity index is 2.40. The topological polar surface area (TPSA) is 124 Å². The Labute approximate surface area is 131 Å². The van der Waals surface area contributed by atoms with Gasteiger partial charge in [-0.05, 0) is 28.3 Å². The Hall–Kier alpha value is -1.91. The summed E-state index contributed by atoms with van der Waals surface area (Å²) in [5.74, 6) is -1.15. The zero-order chi connectivity index (χ0) is 15.6. The van der Waals surface area contributed by atoms with Crippen molar-refractivity contribution in [2.45, 2.75) is 16.6 Å². The average Bonchev–Trinajstić information content (AvgIpc) is 2.79. The molecule has 1 N–H and O–H groups in total. The molecule has 0 aliphatic rings. The van der Waals surface area contributed by atoms with Crippen molar-refractivity contribution in [2.75, 3.05) is 0 Å². The van der Waals surface area contributed by atoms with Crippen LogP contribution in [-0.2, 0) is 11.3 Å². The molecule has 1 aromatic carbocycles. The number of halogens is 2. The third-order valence-electron chi connectivity index (χ3n) is 2.18. The molecule has 110 valence electrons. The molecule has 1 aromatic heterocycles. The molecule has 0 amide bonds. The van der Waals surface area contributed by atoms with E-state index in [-0.39, 0.29) is 25.8 Å². The lowest BCUT2D eigenvalue weighted by Crippen LogP contribution is -2.11. The second kappa shape index (κ2) is 6.24. The van der Waals surface area contributed by atoms with Gasteiger partial charge in [-0.1, -0.05) is 23.2 Å². The van der Waals surface area contributed by atoms with Crippen LogP contribution in [0.2, 0.25) is 10.0 Å². The van der Waals surface area contributed by atoms with Crippen LogP contribution in [0.4, 0.5) is 5.69 Å². The van der Waals surface area contributed by atoms with Crippen LogP contribution in [0.5, 0.6) is 0 Å². The van der Waals surface area contributed by atoms with E-state index in [9.17, 15) is 14.9 Å². The summed E-state index contributed by atoms with van der Waals surface area (Å²) in [5, 5.41) is 30.4. The Morgan fingerprint density at radius 2 is 2.10 bits per heavy atom. The minimum atomic E-state index is -1.15. The maximum Gasteiger partial charge on any atom is 0.325 e. The highest BCUT2D eigenvalue weighted by Crippen LogP contribution is 2.38. The Morgan fingerprint density at radius 1 is 1.43 bits per heavy atom. The van der Waals surface area contributed by atoms with E-state index in [4.69, 9.17) is 28.3 Å². The van der Waals surface area contributed by atoms with E-state index in [1.165, 1.54) is 6.07 Å². The fraction of sp³-hybridized carbons (Fsp3) is 0.111. The quantitative estimate of drug-likeness (QED) is 0.642. The van der Waals surface area contributed by atoms with Gasteiger partial charge in [0.2, 0.25) is 5.16 Å². The summed E-state index contributed by atoms with van der Waals surface area (Å²) in [6.45, 7) is -0.468. The van der Waals surface area contributed by atoms with Crippen LogP contribution in [0.3, 0.4) is 0 Å². The molecule has 0 saturated carbocycles. The minimum Gasteiger partial charge on any atom is -0.480 e. The molecule has 0 aliphatic heterocycles. The lowest BCUT2D eigenvalue weighted by molar-refractivity contribution is -0.387. The van der Waals surface area contributed by atoms with Gasteiger partial charge in [0, 0.05) is 6.07 Å². The van der Waals surface area contributed by atoms with Crippen molar-refractivity contribution in [3.63, 3.8) is 0 Å². The van der Waals surface area contributed by atoms with Crippen molar-refractivity contribution in [1.29, 1.82) is 0 Å². The predicted molar refractivity (Wildman–Crippen MR) is 72.7 cm³/mol. The average molecular weight is 350 g/mol. The fourth-order valence-electron chi connectivity index (χ4n) is 1.34. The molecule has 2 rings (SSSR count). The summed E-state index contributed by atoms with van der Waals surface area (Å²) in [4.78, 5) is 21.2. The van der Waals surface area contributed by atoms with Gasteiger partial charge < -0.3 is 5.11 Å². The molecule has 0 aliphatic carbocycles. The predicted octanol–water partition coefficient (Wildman–Crippen LogP) is 2.12. The summed E-state index contributed by atoms with van der Waals surface area (Å²) in [6.07, 6.45) is 0. The summed E-state index contributed by atoms with van der Waals surface area (Å²) in [6, 6.07) is 2.41. The molecule has 9 nitrogen and oxygen atoms in total. The first kappa shape index (κ1) is 15.5. The summed E-state index contributed by atoms with van der Waals surface area (Å²) in [5.41, 5.74) is -0.278. The standard InChI is InChI=1S/C9H5Cl2N5O4S/c10-4-1-6(16(19)20)7(2-5(4)11)21-9-12-13-14-15(9)3-8(17)18/h1-2H,3H2,(H,17,18). The number of hydrogen-bond acceptors (Lipinski definition) is 7. The number of aliphatic carboxylic acids is 1. The molecule has 0 unspecified atom stereocenters. The first-order valence-electron chi connectivity index (χ1n) is 5.17. The number of benzene rings is 1. The smallest absolute Gasteiger partial charge is 0.325 e. The molecule has 21 heavy (non-hydrogen) atoms. The molecule has 0 spiro atoms. The molecular formula is C9H5Cl2N5O4S. The van der Waals surface area contributed by atoms with E-state index in [0.29, 0.717) is 0 Å². The molecule has 0 radical (unpaired) electrons. The third kappa shape index (κ3) is 3.60. The number of nitrogens with zero attached hydrogens (tertiary/aromatic N) is 5. The zero-order valence-corrected chi connectivity index (χ0v) is 12.3. The summed E-state index contributed by atoms with van der Waals surface area (Å²) >= 11 is 12.4. The largest absolute Gasteiger partial charge is 0.480 e. The Kier molecular flexibility index (Phi) is 4.60. The van der Waals surface area contributed by atoms with E-state index < -0.39 is 17.4 Å². The lowest BCUT2D eigenvalue weighted by Gasteiger charge is -2.04. The zero-order valence-electron chi connectivity index (χ0n) is 9.93. The van der Waals surface area contributed by atoms with Crippen LogP contribution >= 0.6 is 35.0 Å². The third-order valence-corrected chi connectivity index (χ3v) is 3.93. The van der Waals surface area contributed by atoms with E-state index in [1.54, 1.807) is 0 Å². The van der Waals surface area contributed by atoms with Crippen LogP contribution in [0.25, 0.3) is 0 Å². The number of rotatable bonds is 5. The van der Waals surface area contributed by atoms with Gasteiger partial charge in [0.1, 0.15) is 6.54 Å². The molecule has 0 atom stereocenters. The van der Waals surface area contributed by atoms with Crippen molar-refractivity contribution < 1.29 is 14.8 Å². The number of carboxylic acid groups (broad SMARTS) is 1. The van der Waals surface area contributed by atoms with Crippen LogP contribution < -0.4 is 0 Å². The van der Waals surface area contributed by atoms with Gasteiger partial charge in [-0.25, -0.2) is 4.68 Å². The molecule has 1 heterocycles. The molecular weight excluding hydrogens is 345 g/mol. The maximum atomic E-state index is 11.0. The normalized spacial score (nSPS) is 10.6. The second-order valence-electron chi connectivity index (χ2n) is 3.61. The van der Waals surface area contributed by atoms with E-state index in [1.807, 2.05) is 0 Å². The molecule has 2 aromatic rings. The van der Waals surface area contributed by atoms with Gasteiger partial charge in [0.25, 0.3) is 5.69 Å². The van der Waals surface area contributed by atoms with Crippen LogP contribution in [0.15, 0.2) is 22.2 Å². The van der Waals surface area contributed by atoms with Gasteiger partial charge in [0.15, 0.2) is 0 Å². The van der Waals surface area contributed by atoms with Crippen molar-refractivity contribution in [3.8, 4) is 0 Å². The van der Waals surface area contributed by atoms with Crippen molar-refractivity contribution in [2.24, 2.45) is 0 Å². The van der Waals surface area contributed by atoms with Crippen LogP contribution in [-0.4, -0.2) is 36.2 Å². The first-order chi connectivity index (χ1) is 9.88. The monoisotopic (exact) mass is 349 g/mol. The SMILES string of the molecule is O=C(O)Cn1nnnc1Sc1cc(Cl)c(Cl)cc1[N+](=O)[O-]. The Bertz CT molecular complexity index is 722. The number of carboxylic acids is 1. The molecule has 0 saturated heterocycles. The number of hydrogen-bond donors (Lipinski definition) is 1. The van der Waals surface area contributed by atoms with Crippen molar-refractivity contribution in [3.05, 3.63) is 32.3 Å². The second-order valence-corrected chi connectivity index (χ2v) is 5.43. The highest BCUT2D eigenvalue weighted by molar-refractivity contribution is 7.99. The Morgan fingerprint density at radius 3 is 2.71 bits per heavy atom. The molecule has 0 bridgehead atoms. The highest BCUT2D eigenvalue weighted by atomic mass is 35.5. The van der Waals surface area contributed by atoms with Gasteiger partial charge in [-0.2, -0.15) is 0 Å². The van der Waals surface area contributed by atoms with Crippen LogP contribution in [0.1, 0.15) is 0 Å². The molecule has 12 heteroatoms. The number of aromatic nitrogens is 4. The van der Waals surface area contributed by atoms with E-state index >= 15 is 0 Å². The van der Waals surface area contributed by atoms with Gasteiger partial charge in [0.05, 0.1) is 19.9 Å². The fourth-order valence-corrected chi connectivity index (χ4v) is 2.62. The minimum absolute atomic E-state index is 0.0397. The summed E-state index contributed by atoms with van der Waals surface area (Å²) < 4.78 is 0.999. The van der Waals surface area contributed by atoms with Crippen molar-refractivity contribution >= 4 is 46.6 Å². The van der Waals surface area contributed by atoms with Crippen LogP contribution in [0, 0.1) is 10.1 Å². The maximum absolute atomic E-state index is 11.0. The number of nitro benzene ring substituents is 1. The highest BCUT2D eigenvalue weighted by Gasteiger charge is 2.21. The van der Waals surface area contributed by atoms with Gasteiger partial charge >= 0.3 is 5.97 Å². The van der Waals surface area contributed by atoms with Crippen molar-refractivity contribution in [1.82, 2.24) is 20.2 Å². The number of carbonyl (C=O) groups is 1. The van der Waals surface area contributed by atoms with Gasteiger partial charge in [-0.15, -0.1) is 5.10 Å². The number of tetrazole rings is 1. The summed E-state index contributed by atoms with van der Waals surface area (Å²) in [7, 11) is 0. The van der Waals surface area contributed by atoms with E-state index in [2.05, 4.69) is 15.5 Å². The molecule has 0 fully saturated rings. The van der Waals surface area contributed by atoms with Gasteiger partial charge in [-0.3, -0.25) is 14.9 Å². The lowest BCUT2D eigenvalue weighted by atomic mass is 10.3.